The molecule has 2 aromatic rings. The van der Waals surface area contributed by atoms with Crippen LogP contribution in [0.15, 0.2) is 35.1 Å². The van der Waals surface area contributed by atoms with Crippen LogP contribution in [-0.4, -0.2) is 18.2 Å². The molecule has 0 aliphatic rings. The number of carbonyl (C=O) groups is 1. The van der Waals surface area contributed by atoms with Crippen LogP contribution in [0.3, 0.4) is 0 Å². The molecule has 0 saturated carbocycles. The molecule has 1 aromatic heterocycles. The van der Waals surface area contributed by atoms with E-state index in [4.69, 9.17) is 14.3 Å². The Morgan fingerprint density at radius 3 is 2.71 bits per heavy atom. The van der Waals surface area contributed by atoms with Gasteiger partial charge < -0.3 is 14.3 Å². The minimum Gasteiger partial charge on any atom is -0.496 e. The maximum atomic E-state index is 11.0. The lowest BCUT2D eigenvalue weighted by Crippen LogP contribution is -1.96. The zero-order valence-electron chi connectivity index (χ0n) is 9.56. The van der Waals surface area contributed by atoms with Crippen molar-refractivity contribution in [2.75, 3.05) is 7.11 Å². The van der Waals surface area contributed by atoms with Crippen molar-refractivity contribution < 1.29 is 19.1 Å². The molecule has 0 amide bonds. The summed E-state index contributed by atoms with van der Waals surface area (Å²) in [5.74, 6) is -0.226. The number of methoxy groups -OCH3 is 1. The van der Waals surface area contributed by atoms with Gasteiger partial charge in [-0.15, -0.1) is 0 Å². The van der Waals surface area contributed by atoms with Gasteiger partial charge in [0.2, 0.25) is 0 Å². The van der Waals surface area contributed by atoms with E-state index in [-0.39, 0.29) is 5.56 Å². The Morgan fingerprint density at radius 1 is 1.35 bits per heavy atom. The van der Waals surface area contributed by atoms with Gasteiger partial charge in [0.25, 0.3) is 0 Å². The highest BCUT2D eigenvalue weighted by Gasteiger charge is 2.14. The molecule has 1 aromatic carbocycles. The normalized spacial score (nSPS) is 10.2. The maximum absolute atomic E-state index is 11.0. The van der Waals surface area contributed by atoms with Crippen LogP contribution < -0.4 is 4.74 Å². The van der Waals surface area contributed by atoms with E-state index in [2.05, 4.69) is 0 Å². The van der Waals surface area contributed by atoms with E-state index in [0.717, 1.165) is 16.9 Å². The first kappa shape index (κ1) is 11.3. The molecule has 0 fully saturated rings. The van der Waals surface area contributed by atoms with Crippen LogP contribution in [0.5, 0.6) is 5.75 Å². The van der Waals surface area contributed by atoms with Gasteiger partial charge in [-0.3, -0.25) is 0 Å². The van der Waals surface area contributed by atoms with E-state index in [9.17, 15) is 4.79 Å². The van der Waals surface area contributed by atoms with Crippen molar-refractivity contribution >= 4 is 5.97 Å². The molecule has 0 unspecified atom stereocenters. The van der Waals surface area contributed by atoms with Crippen LogP contribution in [0.25, 0.3) is 11.1 Å². The summed E-state index contributed by atoms with van der Waals surface area (Å²) in [4.78, 5) is 11.0. The average Bonchev–Trinajstić information content (AvgIpc) is 2.77. The molecular formula is C13H12O4. The molecule has 2 rings (SSSR count). The number of benzene rings is 1. The van der Waals surface area contributed by atoms with Gasteiger partial charge in [0.15, 0.2) is 0 Å². The van der Waals surface area contributed by atoms with Gasteiger partial charge in [-0.05, 0) is 30.2 Å². The number of carboxylic acid groups (broad SMARTS) is 1. The predicted molar refractivity (Wildman–Crippen MR) is 62.4 cm³/mol. The number of aryl methyl sites for hydroxylation is 1. The Morgan fingerprint density at radius 2 is 2.12 bits per heavy atom. The Hall–Kier alpha value is -2.23. The number of carboxylic acids is 1. The minimum absolute atomic E-state index is 0.162. The van der Waals surface area contributed by atoms with Crippen LogP contribution in [0.4, 0.5) is 0 Å². The van der Waals surface area contributed by atoms with E-state index in [1.165, 1.54) is 12.5 Å². The highest BCUT2D eigenvalue weighted by Crippen LogP contribution is 2.29. The second-order valence-electron chi connectivity index (χ2n) is 3.69. The number of rotatable bonds is 3. The Labute approximate surface area is 98.4 Å². The van der Waals surface area contributed by atoms with Crippen LogP contribution in [0.2, 0.25) is 0 Å². The molecular weight excluding hydrogens is 220 g/mol. The van der Waals surface area contributed by atoms with Gasteiger partial charge in [0.05, 0.1) is 13.4 Å². The number of ether oxygens (including phenoxy) is 1. The summed E-state index contributed by atoms with van der Waals surface area (Å²) in [6.07, 6.45) is 2.67. The zero-order chi connectivity index (χ0) is 12.4. The van der Waals surface area contributed by atoms with Gasteiger partial charge in [0, 0.05) is 5.56 Å². The Kier molecular flexibility index (Phi) is 2.87. The fraction of sp³-hybridized carbons (Fsp3) is 0.154. The average molecular weight is 232 g/mol. The number of furan rings is 1. The van der Waals surface area contributed by atoms with Crippen LogP contribution >= 0.6 is 0 Å². The zero-order valence-corrected chi connectivity index (χ0v) is 9.56. The summed E-state index contributed by atoms with van der Waals surface area (Å²) in [6, 6.07) is 5.49. The van der Waals surface area contributed by atoms with Gasteiger partial charge >= 0.3 is 5.97 Å². The second-order valence-corrected chi connectivity index (χ2v) is 3.69. The van der Waals surface area contributed by atoms with E-state index in [1.54, 1.807) is 7.11 Å². The van der Waals surface area contributed by atoms with Crippen molar-refractivity contribution in [3.05, 3.63) is 41.9 Å². The summed E-state index contributed by atoms with van der Waals surface area (Å²) in [7, 11) is 1.60. The summed E-state index contributed by atoms with van der Waals surface area (Å²) in [6.45, 7) is 1.91. The van der Waals surface area contributed by atoms with E-state index < -0.39 is 5.97 Å². The van der Waals surface area contributed by atoms with Crippen molar-refractivity contribution in [2.24, 2.45) is 0 Å². The quantitative estimate of drug-likeness (QED) is 0.883. The Balaban J connectivity index is 2.50. The van der Waals surface area contributed by atoms with Crippen molar-refractivity contribution in [2.45, 2.75) is 6.92 Å². The summed E-state index contributed by atoms with van der Waals surface area (Å²) in [5, 5.41) is 9.00. The summed E-state index contributed by atoms with van der Waals surface area (Å²) >= 11 is 0. The molecule has 0 saturated heterocycles. The lowest BCUT2D eigenvalue weighted by Gasteiger charge is -2.06. The number of hydrogen-bond acceptors (Lipinski definition) is 3. The van der Waals surface area contributed by atoms with Crippen LogP contribution in [-0.2, 0) is 0 Å². The fourth-order valence-corrected chi connectivity index (χ4v) is 1.73. The molecule has 0 bridgehead atoms. The molecule has 0 radical (unpaired) electrons. The topological polar surface area (TPSA) is 59.7 Å². The van der Waals surface area contributed by atoms with Crippen molar-refractivity contribution in [1.82, 2.24) is 0 Å². The molecule has 0 aliphatic carbocycles. The van der Waals surface area contributed by atoms with E-state index in [1.807, 2.05) is 25.1 Å². The van der Waals surface area contributed by atoms with Crippen LogP contribution in [0, 0.1) is 6.92 Å². The molecule has 0 spiro atoms. The molecule has 0 aliphatic heterocycles. The second kappa shape index (κ2) is 4.33. The van der Waals surface area contributed by atoms with Gasteiger partial charge in [-0.1, -0.05) is 6.07 Å². The fourth-order valence-electron chi connectivity index (χ4n) is 1.73. The first-order chi connectivity index (χ1) is 8.13. The SMILES string of the molecule is COc1ccc(-c2cocc2C(=O)O)cc1C. The third-order valence-corrected chi connectivity index (χ3v) is 2.60. The third-order valence-electron chi connectivity index (χ3n) is 2.60. The molecule has 4 nitrogen and oxygen atoms in total. The third kappa shape index (κ3) is 2.01. The monoisotopic (exact) mass is 232 g/mol. The van der Waals surface area contributed by atoms with E-state index >= 15 is 0 Å². The van der Waals surface area contributed by atoms with E-state index in [0.29, 0.717) is 5.56 Å². The summed E-state index contributed by atoms with van der Waals surface area (Å²) in [5.41, 5.74) is 2.48. The standard InChI is InChI=1S/C13H12O4/c1-8-5-9(3-4-12(8)16-2)10-6-17-7-11(10)13(14)15/h3-7H,1-2H3,(H,14,15). The Bertz CT molecular complexity index is 554. The van der Waals surface area contributed by atoms with Crippen molar-refractivity contribution in [3.8, 4) is 16.9 Å². The molecule has 1 N–H and O–H groups in total. The van der Waals surface area contributed by atoms with Crippen molar-refractivity contribution in [3.63, 3.8) is 0 Å². The number of aromatic carboxylic acids is 1. The van der Waals surface area contributed by atoms with Gasteiger partial charge in [-0.2, -0.15) is 0 Å². The highest BCUT2D eigenvalue weighted by atomic mass is 16.5. The molecule has 88 valence electrons. The maximum Gasteiger partial charge on any atom is 0.339 e. The smallest absolute Gasteiger partial charge is 0.339 e. The highest BCUT2D eigenvalue weighted by molar-refractivity contribution is 5.95. The lowest BCUT2D eigenvalue weighted by molar-refractivity contribution is 0.0697. The molecule has 0 atom stereocenters. The van der Waals surface area contributed by atoms with Gasteiger partial charge in [0.1, 0.15) is 17.6 Å². The molecule has 1 heterocycles. The molecule has 17 heavy (non-hydrogen) atoms. The lowest BCUT2D eigenvalue weighted by atomic mass is 10.0. The molecule has 4 heteroatoms. The first-order valence-corrected chi connectivity index (χ1v) is 5.08. The number of hydrogen-bond donors (Lipinski definition) is 1. The van der Waals surface area contributed by atoms with Crippen molar-refractivity contribution in [1.29, 1.82) is 0 Å². The summed E-state index contributed by atoms with van der Waals surface area (Å²) < 4.78 is 10.1. The first-order valence-electron chi connectivity index (χ1n) is 5.08. The van der Waals surface area contributed by atoms with Crippen LogP contribution in [0.1, 0.15) is 15.9 Å². The largest absolute Gasteiger partial charge is 0.496 e. The predicted octanol–water partition coefficient (Wildman–Crippen LogP) is 2.96. The minimum atomic E-state index is -0.998. The van der Waals surface area contributed by atoms with Gasteiger partial charge in [-0.25, -0.2) is 4.79 Å².